The van der Waals surface area contributed by atoms with Gasteiger partial charge in [-0.05, 0) is 92.8 Å². The van der Waals surface area contributed by atoms with Crippen LogP contribution in [0.5, 0.6) is 0 Å². The second kappa shape index (κ2) is 16.3. The van der Waals surface area contributed by atoms with Crippen molar-refractivity contribution in [1.29, 1.82) is 0 Å². The number of amides is 5. The molecule has 3 atom stereocenters. The van der Waals surface area contributed by atoms with E-state index in [9.17, 15) is 23.6 Å². The van der Waals surface area contributed by atoms with E-state index in [0.717, 1.165) is 48.1 Å². The van der Waals surface area contributed by atoms with E-state index in [4.69, 9.17) is 5.10 Å². The van der Waals surface area contributed by atoms with E-state index in [0.29, 0.717) is 87.9 Å². The molecule has 338 valence electrons. The second-order valence-corrected chi connectivity index (χ2v) is 18.4. The Morgan fingerprint density at radius 3 is 2.39 bits per heavy atom. The molecule has 0 radical (unpaired) electrons. The van der Waals surface area contributed by atoms with Gasteiger partial charge in [0, 0.05) is 77.1 Å². The summed E-state index contributed by atoms with van der Waals surface area (Å²) in [5, 5.41) is 13.0. The lowest BCUT2D eigenvalue weighted by Crippen LogP contribution is -2.60. The number of aromatic nitrogens is 4. The van der Waals surface area contributed by atoms with Crippen molar-refractivity contribution < 1.29 is 32.3 Å². The Hall–Kier alpha value is -5.82. The molecule has 4 aromatic rings. The number of hydrogen-bond acceptors (Lipinski definition) is 11. The molecule has 4 saturated heterocycles. The molecule has 5 fully saturated rings. The highest BCUT2D eigenvalue weighted by molar-refractivity contribution is 6.06. The topological polar surface area (TPSA) is 164 Å². The van der Waals surface area contributed by atoms with Gasteiger partial charge in [-0.25, -0.2) is 27.5 Å². The molecule has 3 N–H and O–H groups in total. The maximum Gasteiger partial charge on any atom is 0.328 e. The van der Waals surface area contributed by atoms with Crippen molar-refractivity contribution in [2.45, 2.75) is 89.0 Å². The van der Waals surface area contributed by atoms with Crippen molar-refractivity contribution >= 4 is 52.3 Å². The lowest BCUT2D eigenvalue weighted by Gasteiger charge is -2.50. The van der Waals surface area contributed by atoms with E-state index >= 15 is 8.78 Å². The fraction of sp³-hybridized carbons (Fsp3) is 0.533. The average molecular weight is 883 g/mol. The number of imide groups is 1. The molecule has 3 aromatic heterocycles. The first kappa shape index (κ1) is 42.1. The van der Waals surface area contributed by atoms with Crippen molar-refractivity contribution in [3.05, 3.63) is 70.8 Å². The van der Waals surface area contributed by atoms with Gasteiger partial charge >= 0.3 is 6.03 Å². The van der Waals surface area contributed by atoms with Crippen LogP contribution < -0.4 is 25.8 Å². The third kappa shape index (κ3) is 7.79. The lowest BCUT2D eigenvalue weighted by molar-refractivity contribution is -0.139. The second-order valence-electron chi connectivity index (χ2n) is 18.4. The number of anilines is 4. The van der Waals surface area contributed by atoms with Crippen LogP contribution in [0.25, 0.3) is 5.65 Å². The number of imidazole rings is 1. The minimum atomic E-state index is -2.89. The van der Waals surface area contributed by atoms with Gasteiger partial charge in [-0.3, -0.25) is 39.4 Å². The van der Waals surface area contributed by atoms with E-state index in [-0.39, 0.29) is 48.1 Å². The number of benzene rings is 1. The number of alkyl halides is 3. The molecule has 0 bridgehead atoms. The summed E-state index contributed by atoms with van der Waals surface area (Å²) >= 11 is 0. The Kier molecular flexibility index (Phi) is 10.7. The number of likely N-dealkylation sites (tertiary alicyclic amines) is 3. The van der Waals surface area contributed by atoms with Gasteiger partial charge in [0.15, 0.2) is 17.2 Å². The maximum atomic E-state index is 16.2. The molecule has 10 rings (SSSR count). The third-order valence-corrected chi connectivity index (χ3v) is 14.5. The van der Waals surface area contributed by atoms with E-state index < -0.39 is 36.1 Å². The Morgan fingerprint density at radius 2 is 1.67 bits per heavy atom. The summed E-state index contributed by atoms with van der Waals surface area (Å²) in [6.45, 7) is 5.59. The number of pyridine rings is 1. The zero-order chi connectivity index (χ0) is 44.5. The molecule has 19 heteroatoms. The smallest absolute Gasteiger partial charge is 0.328 e. The van der Waals surface area contributed by atoms with E-state index in [1.54, 1.807) is 24.2 Å². The quantitative estimate of drug-likeness (QED) is 0.214. The Morgan fingerprint density at radius 1 is 0.922 bits per heavy atom. The molecular formula is C45H53F3N12O4. The predicted molar refractivity (Wildman–Crippen MR) is 232 cm³/mol. The summed E-state index contributed by atoms with van der Waals surface area (Å²) < 4.78 is 47.5. The van der Waals surface area contributed by atoms with E-state index in [1.165, 1.54) is 15.6 Å². The molecule has 64 heavy (non-hydrogen) atoms. The first-order valence-corrected chi connectivity index (χ1v) is 22.4. The fourth-order valence-electron chi connectivity index (χ4n) is 10.6. The molecule has 16 nitrogen and oxygen atoms in total. The Bertz CT molecular complexity index is 2520. The van der Waals surface area contributed by atoms with Crippen molar-refractivity contribution in [2.24, 2.45) is 5.41 Å². The van der Waals surface area contributed by atoms with Gasteiger partial charge in [0.2, 0.25) is 5.91 Å². The lowest BCUT2D eigenvalue weighted by atomic mass is 9.70. The molecule has 8 heterocycles. The normalized spacial score (nSPS) is 24.5. The fourth-order valence-corrected chi connectivity index (χ4v) is 10.6. The highest BCUT2D eigenvalue weighted by atomic mass is 19.3. The van der Waals surface area contributed by atoms with Crippen LogP contribution in [0.3, 0.4) is 0 Å². The maximum absolute atomic E-state index is 16.2. The van der Waals surface area contributed by atoms with Crippen LogP contribution in [0.4, 0.5) is 40.8 Å². The van der Waals surface area contributed by atoms with Gasteiger partial charge in [-0.15, -0.1) is 5.10 Å². The van der Waals surface area contributed by atoms with Gasteiger partial charge in [-0.1, -0.05) is 12.1 Å². The molecular weight excluding hydrogens is 830 g/mol. The Labute approximate surface area is 368 Å². The Balaban J connectivity index is 0.747. The number of piperidine rings is 3. The van der Waals surface area contributed by atoms with Crippen LogP contribution >= 0.6 is 0 Å². The molecule has 5 amide bonds. The summed E-state index contributed by atoms with van der Waals surface area (Å²) in [5.74, 6) is -3.26. The number of nitrogens with zero attached hydrogens (tertiary/aromatic N) is 9. The molecule has 5 aliphatic heterocycles. The van der Waals surface area contributed by atoms with Crippen molar-refractivity contribution in [1.82, 2.24) is 44.9 Å². The van der Waals surface area contributed by atoms with Crippen LogP contribution in [-0.4, -0.2) is 142 Å². The van der Waals surface area contributed by atoms with Crippen molar-refractivity contribution in [3.63, 3.8) is 0 Å². The molecule has 1 unspecified atom stereocenters. The molecule has 6 aliphatic rings. The van der Waals surface area contributed by atoms with Crippen molar-refractivity contribution in [2.75, 3.05) is 74.5 Å². The van der Waals surface area contributed by atoms with Crippen LogP contribution in [0, 0.1) is 12.3 Å². The minimum Gasteiger partial charge on any atom is -0.385 e. The largest absolute Gasteiger partial charge is 0.385 e. The number of fused-ring (bicyclic) bond motifs is 2. The van der Waals surface area contributed by atoms with Crippen LogP contribution in [0.15, 0.2) is 42.7 Å². The molecule has 1 aromatic carbocycles. The van der Waals surface area contributed by atoms with Crippen LogP contribution in [0.1, 0.15) is 82.6 Å². The highest BCUT2D eigenvalue weighted by Gasteiger charge is 2.50. The zero-order valence-electron chi connectivity index (χ0n) is 36.1. The number of aryl methyl sites for hydroxylation is 1. The number of nitrogens with one attached hydrogen (secondary N) is 3. The van der Waals surface area contributed by atoms with E-state index in [1.807, 2.05) is 41.0 Å². The predicted octanol–water partition coefficient (Wildman–Crippen LogP) is 4.68. The van der Waals surface area contributed by atoms with Crippen molar-refractivity contribution in [3.8, 4) is 0 Å². The summed E-state index contributed by atoms with van der Waals surface area (Å²) in [6.07, 6.45) is 6.74. The zero-order valence-corrected chi connectivity index (χ0v) is 36.1. The number of carbonyl (C=O) groups is 4. The van der Waals surface area contributed by atoms with Crippen LogP contribution in [-0.2, 0) is 17.8 Å². The number of carbonyl (C=O) groups excluding carboxylic acids is 4. The average Bonchev–Trinajstić information content (AvgIpc) is 3.59. The monoisotopic (exact) mass is 882 g/mol. The number of hydrogen-bond donors (Lipinski definition) is 3. The standard InChI is InChI=1S/C45H53F3N12O4/c1-27-23-50-33(21-35(27)59-15-8-39(61)53-43(59)64)42(63)57-18-11-44(12-19-57)9-16-56(17-10-44)37-7-13-55(26-45(37,47)48)25-28-4-3-5-34-29(28)6-14-58(34)38-22-32(49-2)40-51-24-36(60(40)54-38)41(62)52-31-20-30(31)46/h3-5,21-24,30-31,37,49H,6-20,25-26H2,1-2H3,(H,52,62)(H,53,61,64)/t30-,31+,37?/m0/s1. The number of rotatable bonds is 9. The molecule has 1 spiro atoms. The summed E-state index contributed by atoms with van der Waals surface area (Å²) in [5.41, 5.74) is 5.93. The van der Waals surface area contributed by atoms with Gasteiger partial charge in [-0.2, -0.15) is 0 Å². The molecule has 1 aliphatic carbocycles. The molecule has 1 saturated carbocycles. The van der Waals surface area contributed by atoms with E-state index in [2.05, 4.69) is 30.8 Å². The third-order valence-electron chi connectivity index (χ3n) is 14.5. The van der Waals surface area contributed by atoms with Gasteiger partial charge in [0.05, 0.1) is 36.2 Å². The first-order chi connectivity index (χ1) is 30.8. The van der Waals surface area contributed by atoms with Gasteiger partial charge < -0.3 is 20.4 Å². The van der Waals surface area contributed by atoms with Gasteiger partial charge in [0.1, 0.15) is 11.9 Å². The minimum absolute atomic E-state index is 0.00290. The SMILES string of the molecule is CNc1cc(N2CCc3c(CN4CCC(N5CCC6(CCN(C(=O)c7cc(N8CCC(=O)NC8=O)c(C)cn7)CC6)CC5)C(F)(F)C4)cccc32)nn2c(C(=O)N[C@@H]3C[C@@H]3F)cnc12. The highest BCUT2D eigenvalue weighted by Crippen LogP contribution is 2.45. The van der Waals surface area contributed by atoms with Crippen LogP contribution in [0.2, 0.25) is 0 Å². The summed E-state index contributed by atoms with van der Waals surface area (Å²) in [4.78, 5) is 68.9. The van der Waals surface area contributed by atoms with Gasteiger partial charge in [0.25, 0.3) is 17.7 Å². The summed E-state index contributed by atoms with van der Waals surface area (Å²) in [6, 6.07) is 7.66. The first-order valence-electron chi connectivity index (χ1n) is 22.4. The number of halogens is 3. The summed E-state index contributed by atoms with van der Waals surface area (Å²) in [7, 11) is 1.77. The number of urea groups is 1.